The third-order valence-corrected chi connectivity index (χ3v) is 5.29. The fourth-order valence-electron chi connectivity index (χ4n) is 4.01. The van der Waals surface area contributed by atoms with Gasteiger partial charge in [0.25, 0.3) is 0 Å². The van der Waals surface area contributed by atoms with Crippen molar-refractivity contribution in [1.29, 1.82) is 0 Å². The molecule has 6 nitrogen and oxygen atoms in total. The number of esters is 1. The van der Waals surface area contributed by atoms with Gasteiger partial charge in [-0.1, -0.05) is 25.0 Å². The molecule has 2 fully saturated rings. The van der Waals surface area contributed by atoms with Crippen molar-refractivity contribution in [2.24, 2.45) is 5.92 Å². The lowest BCUT2D eigenvalue weighted by atomic mass is 9.85. The van der Waals surface area contributed by atoms with E-state index in [2.05, 4.69) is 0 Å². The highest BCUT2D eigenvalue weighted by atomic mass is 16.6. The van der Waals surface area contributed by atoms with Crippen LogP contribution in [0.15, 0.2) is 24.3 Å². The second-order valence-electron chi connectivity index (χ2n) is 6.70. The quantitative estimate of drug-likeness (QED) is 0.783. The summed E-state index contributed by atoms with van der Waals surface area (Å²) in [5.74, 6) is 0.771. The van der Waals surface area contributed by atoms with E-state index in [0.29, 0.717) is 12.3 Å². The van der Waals surface area contributed by atoms with E-state index in [1.165, 1.54) is 7.11 Å². The Morgan fingerprint density at radius 3 is 2.52 bits per heavy atom. The number of amides is 1. The predicted octanol–water partition coefficient (Wildman–Crippen LogP) is 3.14. The normalized spacial score (nSPS) is 25.2. The molecule has 1 aromatic carbocycles. The topological polar surface area (TPSA) is 65.1 Å². The molecule has 1 aliphatic heterocycles. The summed E-state index contributed by atoms with van der Waals surface area (Å²) in [5.41, 5.74) is 0.878. The molecule has 3 rings (SSSR count). The Hall–Kier alpha value is -2.24. The van der Waals surface area contributed by atoms with E-state index in [0.717, 1.165) is 37.0 Å². The highest BCUT2D eigenvalue weighted by Gasteiger charge is 2.48. The molecule has 3 unspecified atom stereocenters. The first kappa shape index (κ1) is 17.6. The first-order chi connectivity index (χ1) is 12.1. The summed E-state index contributed by atoms with van der Waals surface area (Å²) in [5, 5.41) is 0. The predicted molar refractivity (Wildman–Crippen MR) is 91.2 cm³/mol. The number of hydrogen-bond acceptors (Lipinski definition) is 5. The molecule has 1 aliphatic carbocycles. The molecule has 136 valence electrons. The van der Waals surface area contributed by atoms with Crippen molar-refractivity contribution in [3.63, 3.8) is 0 Å². The fraction of sp³-hybridized carbons (Fsp3) is 0.579. The van der Waals surface area contributed by atoms with Gasteiger partial charge in [0.1, 0.15) is 18.4 Å². The van der Waals surface area contributed by atoms with Crippen LogP contribution in [0, 0.1) is 5.92 Å². The molecular weight excluding hydrogens is 322 g/mol. The van der Waals surface area contributed by atoms with Gasteiger partial charge in [-0.3, -0.25) is 4.90 Å². The van der Waals surface area contributed by atoms with Crippen LogP contribution in [0.2, 0.25) is 0 Å². The molecule has 0 bridgehead atoms. The van der Waals surface area contributed by atoms with Crippen molar-refractivity contribution in [2.75, 3.05) is 14.2 Å². The first-order valence-corrected chi connectivity index (χ1v) is 8.80. The lowest BCUT2D eigenvalue weighted by Gasteiger charge is -2.32. The summed E-state index contributed by atoms with van der Waals surface area (Å²) in [6, 6.07) is 6.93. The van der Waals surface area contributed by atoms with Gasteiger partial charge in [-0.05, 0) is 42.9 Å². The average Bonchev–Trinajstić information content (AvgIpc) is 3.05. The van der Waals surface area contributed by atoms with Crippen LogP contribution in [-0.4, -0.2) is 43.3 Å². The second-order valence-corrected chi connectivity index (χ2v) is 6.70. The maximum Gasteiger partial charge on any atom is 0.411 e. The molecule has 1 saturated carbocycles. The molecule has 3 atom stereocenters. The van der Waals surface area contributed by atoms with Crippen LogP contribution in [0.5, 0.6) is 5.75 Å². The number of carbonyl (C=O) groups excluding carboxylic acids is 2. The number of hydrogen-bond donors (Lipinski definition) is 0. The second kappa shape index (κ2) is 7.76. The highest BCUT2D eigenvalue weighted by molar-refractivity contribution is 5.82. The summed E-state index contributed by atoms with van der Waals surface area (Å²) in [6.45, 7) is 0.171. The smallest absolute Gasteiger partial charge is 0.411 e. The van der Waals surface area contributed by atoms with Crippen LogP contribution in [0.25, 0.3) is 0 Å². The van der Waals surface area contributed by atoms with E-state index in [1.807, 2.05) is 24.3 Å². The monoisotopic (exact) mass is 347 g/mol. The van der Waals surface area contributed by atoms with Gasteiger partial charge < -0.3 is 14.2 Å². The highest BCUT2D eigenvalue weighted by Crippen LogP contribution is 2.40. The van der Waals surface area contributed by atoms with Crippen molar-refractivity contribution >= 4 is 12.1 Å². The molecular formula is C19H25NO5. The molecule has 0 radical (unpaired) electrons. The van der Waals surface area contributed by atoms with Crippen LogP contribution >= 0.6 is 0 Å². The number of ether oxygens (including phenoxy) is 3. The lowest BCUT2D eigenvalue weighted by molar-refractivity contribution is -0.145. The van der Waals surface area contributed by atoms with Crippen LogP contribution in [-0.2, 0) is 20.9 Å². The van der Waals surface area contributed by atoms with Crippen molar-refractivity contribution < 1.29 is 23.8 Å². The Bertz CT molecular complexity index is 615. The largest absolute Gasteiger partial charge is 0.497 e. The summed E-state index contributed by atoms with van der Waals surface area (Å²) in [4.78, 5) is 26.5. The third-order valence-electron chi connectivity index (χ3n) is 5.29. The molecule has 1 heterocycles. The molecule has 0 spiro atoms. The molecule has 6 heteroatoms. The van der Waals surface area contributed by atoms with Gasteiger partial charge in [0.15, 0.2) is 0 Å². The van der Waals surface area contributed by atoms with Gasteiger partial charge in [-0.15, -0.1) is 0 Å². The van der Waals surface area contributed by atoms with Crippen molar-refractivity contribution in [3.8, 4) is 5.75 Å². The summed E-state index contributed by atoms with van der Waals surface area (Å²) < 4.78 is 15.5. The number of likely N-dealkylation sites (tertiary alicyclic amines) is 1. The molecule has 1 saturated heterocycles. The zero-order valence-corrected chi connectivity index (χ0v) is 14.8. The van der Waals surface area contributed by atoms with Crippen LogP contribution in [0.4, 0.5) is 4.79 Å². The van der Waals surface area contributed by atoms with E-state index in [1.54, 1.807) is 12.0 Å². The molecule has 0 aromatic heterocycles. The minimum absolute atomic E-state index is 0.0845. The summed E-state index contributed by atoms with van der Waals surface area (Å²) in [6.07, 6.45) is 4.47. The summed E-state index contributed by atoms with van der Waals surface area (Å²) in [7, 11) is 2.97. The maximum atomic E-state index is 12.7. The maximum absolute atomic E-state index is 12.7. The standard InChI is InChI=1S/C19H25NO5/c1-23-15-9-7-13(8-10-15)12-25-19(22)20-16-6-4-3-5-14(16)11-17(20)18(21)24-2/h7-10,14,16-17H,3-6,11-12H2,1-2H3. The van der Waals surface area contributed by atoms with Gasteiger partial charge in [-0.2, -0.15) is 0 Å². The number of methoxy groups -OCH3 is 2. The Labute approximate surface area is 148 Å². The average molecular weight is 347 g/mol. The van der Waals surface area contributed by atoms with E-state index in [4.69, 9.17) is 14.2 Å². The lowest BCUT2D eigenvalue weighted by Crippen LogP contribution is -2.46. The number of benzene rings is 1. The minimum Gasteiger partial charge on any atom is -0.497 e. The van der Waals surface area contributed by atoms with Crippen LogP contribution < -0.4 is 4.74 Å². The molecule has 0 N–H and O–H groups in total. The zero-order valence-electron chi connectivity index (χ0n) is 14.8. The van der Waals surface area contributed by atoms with E-state index in [9.17, 15) is 9.59 Å². The van der Waals surface area contributed by atoms with Gasteiger partial charge in [-0.25, -0.2) is 9.59 Å². The van der Waals surface area contributed by atoms with Gasteiger partial charge in [0.05, 0.1) is 14.2 Å². The Kier molecular flexibility index (Phi) is 5.46. The number of fused-ring (bicyclic) bond motifs is 1. The first-order valence-electron chi connectivity index (χ1n) is 8.80. The zero-order chi connectivity index (χ0) is 17.8. The molecule has 1 amide bonds. The van der Waals surface area contributed by atoms with Gasteiger partial charge in [0, 0.05) is 6.04 Å². The Morgan fingerprint density at radius 1 is 1.12 bits per heavy atom. The van der Waals surface area contributed by atoms with E-state index < -0.39 is 12.1 Å². The SMILES string of the molecule is COC(=O)C1CC2CCCCC2N1C(=O)OCc1ccc(OC)cc1. The third kappa shape index (κ3) is 3.72. The Balaban J connectivity index is 1.67. The van der Waals surface area contributed by atoms with Gasteiger partial charge in [0.2, 0.25) is 0 Å². The number of rotatable bonds is 4. The fourth-order valence-corrected chi connectivity index (χ4v) is 4.01. The van der Waals surface area contributed by atoms with Crippen molar-refractivity contribution in [1.82, 2.24) is 4.90 Å². The minimum atomic E-state index is -0.526. The molecule has 2 aliphatic rings. The van der Waals surface area contributed by atoms with Crippen LogP contribution in [0.3, 0.4) is 0 Å². The summed E-state index contributed by atoms with van der Waals surface area (Å²) >= 11 is 0. The van der Waals surface area contributed by atoms with Crippen molar-refractivity contribution in [2.45, 2.75) is 50.8 Å². The number of carbonyl (C=O) groups is 2. The van der Waals surface area contributed by atoms with Crippen molar-refractivity contribution in [3.05, 3.63) is 29.8 Å². The van der Waals surface area contributed by atoms with E-state index in [-0.39, 0.29) is 18.6 Å². The Morgan fingerprint density at radius 2 is 1.84 bits per heavy atom. The number of nitrogens with zero attached hydrogens (tertiary/aromatic N) is 1. The van der Waals surface area contributed by atoms with Gasteiger partial charge >= 0.3 is 12.1 Å². The molecule has 25 heavy (non-hydrogen) atoms. The molecule has 1 aromatic rings. The van der Waals surface area contributed by atoms with Crippen LogP contribution in [0.1, 0.15) is 37.7 Å². The van der Waals surface area contributed by atoms with E-state index >= 15 is 0 Å².